The monoisotopic (exact) mass is 677 g/mol. The summed E-state index contributed by atoms with van der Waals surface area (Å²) in [5.41, 5.74) is 12.9. The molecule has 250 valence electrons. The topological polar surface area (TPSA) is 29.0 Å². The normalized spacial score (nSPS) is 11.0. The van der Waals surface area contributed by atoms with E-state index in [4.69, 9.17) is 9.97 Å². The minimum atomic E-state index is 0.705. The Morgan fingerprint density at radius 3 is 1.23 bits per heavy atom. The standard InChI is InChI=1S/C50H35N3/c1-4-13-36(14-5-1)38-27-31-44(32-28-38)53(49-22-12-20-40-15-10-11-21-46(40)49)45-33-29-39(30-34-45)37-23-25-43(26-24-37)50-51-47(41-16-6-2-7-17-41)35-48(52-50)42-18-8-3-9-19-42/h1-35H. The molecule has 0 aliphatic carbocycles. The highest BCUT2D eigenvalue weighted by atomic mass is 15.1. The third-order valence-electron chi connectivity index (χ3n) is 9.71. The predicted molar refractivity (Wildman–Crippen MR) is 221 cm³/mol. The molecule has 0 saturated heterocycles. The molecule has 0 aliphatic heterocycles. The van der Waals surface area contributed by atoms with Gasteiger partial charge in [0.2, 0.25) is 0 Å². The van der Waals surface area contributed by atoms with Crippen LogP contribution in [0.1, 0.15) is 0 Å². The second-order valence-corrected chi connectivity index (χ2v) is 13.1. The van der Waals surface area contributed by atoms with Crippen molar-refractivity contribution in [1.82, 2.24) is 9.97 Å². The maximum absolute atomic E-state index is 5.02. The van der Waals surface area contributed by atoms with Crippen LogP contribution in [0.15, 0.2) is 212 Å². The van der Waals surface area contributed by atoms with Crippen LogP contribution in [0.3, 0.4) is 0 Å². The summed E-state index contributed by atoms with van der Waals surface area (Å²) in [6.07, 6.45) is 0. The van der Waals surface area contributed by atoms with Gasteiger partial charge in [-0.1, -0.05) is 176 Å². The van der Waals surface area contributed by atoms with Crippen molar-refractivity contribution in [2.75, 3.05) is 4.90 Å². The van der Waals surface area contributed by atoms with Crippen molar-refractivity contribution < 1.29 is 0 Å². The van der Waals surface area contributed by atoms with Crippen LogP contribution in [0, 0.1) is 0 Å². The van der Waals surface area contributed by atoms with Gasteiger partial charge in [0.05, 0.1) is 17.1 Å². The van der Waals surface area contributed by atoms with Gasteiger partial charge in [0, 0.05) is 33.5 Å². The van der Waals surface area contributed by atoms with E-state index in [1.165, 1.54) is 21.9 Å². The summed E-state index contributed by atoms with van der Waals surface area (Å²) >= 11 is 0. The molecule has 1 aromatic heterocycles. The summed E-state index contributed by atoms with van der Waals surface area (Å²) in [6.45, 7) is 0. The van der Waals surface area contributed by atoms with Gasteiger partial charge in [-0.05, 0) is 64.0 Å². The predicted octanol–water partition coefficient (Wildman–Crippen LogP) is 13.4. The highest BCUT2D eigenvalue weighted by Crippen LogP contribution is 2.40. The van der Waals surface area contributed by atoms with Gasteiger partial charge in [-0.25, -0.2) is 9.97 Å². The molecule has 8 aromatic carbocycles. The minimum absolute atomic E-state index is 0.705. The van der Waals surface area contributed by atoms with Crippen LogP contribution >= 0.6 is 0 Å². The first-order valence-electron chi connectivity index (χ1n) is 17.9. The lowest BCUT2D eigenvalue weighted by atomic mass is 10.0. The molecule has 0 radical (unpaired) electrons. The molecule has 0 saturated carbocycles. The van der Waals surface area contributed by atoms with Crippen molar-refractivity contribution in [2.45, 2.75) is 0 Å². The minimum Gasteiger partial charge on any atom is -0.310 e. The summed E-state index contributed by atoms with van der Waals surface area (Å²) in [5, 5.41) is 2.41. The number of fused-ring (bicyclic) bond motifs is 1. The Kier molecular flexibility index (Phi) is 8.57. The summed E-state index contributed by atoms with van der Waals surface area (Å²) in [5.74, 6) is 0.705. The van der Waals surface area contributed by atoms with Crippen molar-refractivity contribution in [3.05, 3.63) is 212 Å². The lowest BCUT2D eigenvalue weighted by Crippen LogP contribution is -2.10. The molecule has 9 aromatic rings. The Bertz CT molecular complexity index is 2560. The Morgan fingerprint density at radius 2 is 0.698 bits per heavy atom. The molecule has 0 atom stereocenters. The Hall–Kier alpha value is -7.10. The summed E-state index contributed by atoms with van der Waals surface area (Å²) in [4.78, 5) is 12.4. The second-order valence-electron chi connectivity index (χ2n) is 13.1. The molecular formula is C50H35N3. The summed E-state index contributed by atoms with van der Waals surface area (Å²) in [6, 6.07) is 74.6. The van der Waals surface area contributed by atoms with Gasteiger partial charge in [0.25, 0.3) is 0 Å². The molecule has 1 heterocycles. The lowest BCUT2D eigenvalue weighted by Gasteiger charge is -2.27. The van der Waals surface area contributed by atoms with E-state index in [1.54, 1.807) is 0 Å². The van der Waals surface area contributed by atoms with Gasteiger partial charge in [0.15, 0.2) is 5.82 Å². The average molecular weight is 678 g/mol. The second kappa shape index (κ2) is 14.3. The number of aromatic nitrogens is 2. The van der Waals surface area contributed by atoms with Crippen LogP contribution in [0.25, 0.3) is 66.9 Å². The molecule has 53 heavy (non-hydrogen) atoms. The molecule has 3 heteroatoms. The van der Waals surface area contributed by atoms with Gasteiger partial charge in [-0.3, -0.25) is 0 Å². The number of anilines is 3. The van der Waals surface area contributed by atoms with Crippen LogP contribution < -0.4 is 4.90 Å². The highest BCUT2D eigenvalue weighted by molar-refractivity contribution is 5.99. The van der Waals surface area contributed by atoms with Crippen LogP contribution in [-0.4, -0.2) is 9.97 Å². The molecule has 0 N–H and O–H groups in total. The third-order valence-corrected chi connectivity index (χ3v) is 9.71. The first-order chi connectivity index (χ1) is 26.3. The van der Waals surface area contributed by atoms with Gasteiger partial charge in [-0.15, -0.1) is 0 Å². The lowest BCUT2D eigenvalue weighted by molar-refractivity contribution is 1.18. The maximum atomic E-state index is 5.02. The molecule has 0 amide bonds. The third kappa shape index (κ3) is 6.60. The largest absolute Gasteiger partial charge is 0.310 e. The van der Waals surface area contributed by atoms with Crippen LogP contribution in [-0.2, 0) is 0 Å². The van der Waals surface area contributed by atoms with E-state index in [0.29, 0.717) is 5.82 Å². The number of rotatable bonds is 8. The first-order valence-corrected chi connectivity index (χ1v) is 17.9. The van der Waals surface area contributed by atoms with E-state index in [2.05, 4.69) is 181 Å². The molecule has 0 fully saturated rings. The molecule has 0 bridgehead atoms. The van der Waals surface area contributed by atoms with E-state index in [0.717, 1.165) is 56.3 Å². The molecule has 3 nitrogen and oxygen atoms in total. The molecular weight excluding hydrogens is 643 g/mol. The van der Waals surface area contributed by atoms with E-state index in [-0.39, 0.29) is 0 Å². The number of nitrogens with zero attached hydrogens (tertiary/aromatic N) is 3. The van der Waals surface area contributed by atoms with Crippen molar-refractivity contribution in [2.24, 2.45) is 0 Å². The van der Waals surface area contributed by atoms with Crippen molar-refractivity contribution in [3.8, 4) is 56.2 Å². The number of hydrogen-bond donors (Lipinski definition) is 0. The SMILES string of the molecule is c1ccc(-c2ccc(N(c3ccc(-c4ccc(-c5nc(-c6ccccc6)cc(-c6ccccc6)n5)cc4)cc3)c3cccc4ccccc34)cc2)cc1. The summed E-state index contributed by atoms with van der Waals surface area (Å²) in [7, 11) is 0. The van der Waals surface area contributed by atoms with Gasteiger partial charge in [-0.2, -0.15) is 0 Å². The Labute approximate surface area is 310 Å². The number of hydrogen-bond acceptors (Lipinski definition) is 3. The molecule has 9 rings (SSSR count). The zero-order valence-electron chi connectivity index (χ0n) is 29.0. The summed E-state index contributed by atoms with van der Waals surface area (Å²) < 4.78 is 0. The van der Waals surface area contributed by atoms with Gasteiger partial charge < -0.3 is 4.90 Å². The number of benzene rings is 8. The zero-order valence-corrected chi connectivity index (χ0v) is 29.0. The molecule has 0 unspecified atom stereocenters. The van der Waals surface area contributed by atoms with Crippen LogP contribution in [0.5, 0.6) is 0 Å². The Morgan fingerprint density at radius 1 is 0.302 bits per heavy atom. The first kappa shape index (κ1) is 31.9. The van der Waals surface area contributed by atoms with E-state index < -0.39 is 0 Å². The zero-order chi connectivity index (χ0) is 35.4. The van der Waals surface area contributed by atoms with Crippen molar-refractivity contribution >= 4 is 27.8 Å². The van der Waals surface area contributed by atoms with E-state index in [9.17, 15) is 0 Å². The van der Waals surface area contributed by atoms with Crippen LogP contribution in [0.2, 0.25) is 0 Å². The van der Waals surface area contributed by atoms with Crippen molar-refractivity contribution in [3.63, 3.8) is 0 Å². The van der Waals surface area contributed by atoms with Gasteiger partial charge >= 0.3 is 0 Å². The highest BCUT2D eigenvalue weighted by Gasteiger charge is 2.16. The van der Waals surface area contributed by atoms with E-state index in [1.807, 2.05) is 36.4 Å². The fraction of sp³-hybridized carbons (Fsp3) is 0. The maximum Gasteiger partial charge on any atom is 0.160 e. The van der Waals surface area contributed by atoms with Gasteiger partial charge in [0.1, 0.15) is 0 Å². The quantitative estimate of drug-likeness (QED) is 0.160. The van der Waals surface area contributed by atoms with E-state index >= 15 is 0 Å². The Balaban J connectivity index is 1.06. The average Bonchev–Trinajstić information content (AvgIpc) is 3.25. The van der Waals surface area contributed by atoms with Crippen LogP contribution in [0.4, 0.5) is 17.1 Å². The molecule has 0 spiro atoms. The molecule has 0 aliphatic rings. The van der Waals surface area contributed by atoms with Crippen molar-refractivity contribution in [1.29, 1.82) is 0 Å². The fourth-order valence-electron chi connectivity index (χ4n) is 6.97. The fourth-order valence-corrected chi connectivity index (χ4v) is 6.97. The smallest absolute Gasteiger partial charge is 0.160 e.